The quantitative estimate of drug-likeness (QED) is 0.497. The Balaban J connectivity index is 2.29. The van der Waals surface area contributed by atoms with Gasteiger partial charge in [-0.25, -0.2) is 0 Å². The van der Waals surface area contributed by atoms with E-state index >= 15 is 0 Å². The van der Waals surface area contributed by atoms with Crippen molar-refractivity contribution in [1.82, 2.24) is 10.2 Å². The van der Waals surface area contributed by atoms with Gasteiger partial charge in [0.05, 0.1) is 6.61 Å². The van der Waals surface area contributed by atoms with Gasteiger partial charge in [-0.2, -0.15) is 0 Å². The number of nitrogens with one attached hydrogen (secondary N) is 1. The van der Waals surface area contributed by atoms with E-state index in [0.717, 1.165) is 31.7 Å². The van der Waals surface area contributed by atoms with E-state index in [9.17, 15) is 4.79 Å². The highest BCUT2D eigenvalue weighted by atomic mass is 16.5. The van der Waals surface area contributed by atoms with Gasteiger partial charge in [0.15, 0.2) is 0 Å². The van der Waals surface area contributed by atoms with Crippen LogP contribution < -0.4 is 5.32 Å². The first kappa shape index (κ1) is 18.4. The van der Waals surface area contributed by atoms with Crippen molar-refractivity contribution in [2.24, 2.45) is 5.92 Å². The predicted molar refractivity (Wildman–Crippen MR) is 87.4 cm³/mol. The lowest BCUT2D eigenvalue weighted by Gasteiger charge is -2.28. The van der Waals surface area contributed by atoms with Crippen LogP contribution in [-0.2, 0) is 9.53 Å². The Morgan fingerprint density at radius 3 is 2.67 bits per heavy atom. The number of unbranched alkanes of at least 4 members (excludes halogenated alkanes) is 1. The van der Waals surface area contributed by atoms with E-state index in [0.29, 0.717) is 6.61 Å². The Labute approximate surface area is 130 Å². The molecule has 0 aliphatic carbocycles. The Morgan fingerprint density at radius 1 is 1.33 bits per heavy atom. The lowest BCUT2D eigenvalue weighted by molar-refractivity contribution is -0.150. The van der Waals surface area contributed by atoms with Crippen LogP contribution in [0.5, 0.6) is 0 Å². The van der Waals surface area contributed by atoms with Crippen LogP contribution in [0.25, 0.3) is 0 Å². The zero-order chi connectivity index (χ0) is 15.7. The molecule has 1 saturated heterocycles. The highest BCUT2D eigenvalue weighted by Crippen LogP contribution is 2.21. The molecule has 0 aromatic heterocycles. The van der Waals surface area contributed by atoms with Crippen molar-refractivity contribution >= 4 is 5.97 Å². The highest BCUT2D eigenvalue weighted by Gasteiger charge is 2.33. The summed E-state index contributed by atoms with van der Waals surface area (Å²) in [5.74, 6) is 0.788. The summed E-state index contributed by atoms with van der Waals surface area (Å²) >= 11 is 0. The summed E-state index contributed by atoms with van der Waals surface area (Å²) in [6.45, 7) is 13.1. The minimum atomic E-state index is -0.526. The summed E-state index contributed by atoms with van der Waals surface area (Å²) in [4.78, 5) is 14.7. The fourth-order valence-electron chi connectivity index (χ4n) is 3.21. The first-order valence-corrected chi connectivity index (χ1v) is 8.70. The van der Waals surface area contributed by atoms with Crippen LogP contribution in [0.15, 0.2) is 0 Å². The van der Waals surface area contributed by atoms with Crippen LogP contribution >= 0.6 is 0 Å². The van der Waals surface area contributed by atoms with Crippen LogP contribution in [0.1, 0.15) is 59.8 Å². The highest BCUT2D eigenvalue weighted by molar-refractivity contribution is 5.80. The molecule has 1 fully saturated rings. The third-order valence-electron chi connectivity index (χ3n) is 4.64. The second kappa shape index (κ2) is 9.42. The molecule has 0 radical (unpaired) electrons. The lowest BCUT2D eigenvalue weighted by atomic mass is 9.94. The van der Waals surface area contributed by atoms with Gasteiger partial charge in [0.1, 0.15) is 5.54 Å². The van der Waals surface area contributed by atoms with E-state index in [4.69, 9.17) is 4.74 Å². The maximum atomic E-state index is 12.1. The summed E-state index contributed by atoms with van der Waals surface area (Å²) < 4.78 is 5.21. The van der Waals surface area contributed by atoms with Crippen LogP contribution in [0.2, 0.25) is 0 Å². The van der Waals surface area contributed by atoms with Crippen LogP contribution in [0.4, 0.5) is 0 Å². The lowest BCUT2D eigenvalue weighted by Crippen LogP contribution is -2.50. The smallest absolute Gasteiger partial charge is 0.326 e. The summed E-state index contributed by atoms with van der Waals surface area (Å²) in [5.41, 5.74) is -0.526. The summed E-state index contributed by atoms with van der Waals surface area (Å²) in [7, 11) is 0. The van der Waals surface area contributed by atoms with Gasteiger partial charge in [-0.05, 0) is 65.1 Å². The molecule has 1 rings (SSSR count). The number of likely N-dealkylation sites (tertiary alicyclic amines) is 1. The Kier molecular flexibility index (Phi) is 8.27. The minimum absolute atomic E-state index is 0.112. The van der Waals surface area contributed by atoms with Crippen molar-refractivity contribution in [1.29, 1.82) is 0 Å². The molecule has 2 atom stereocenters. The van der Waals surface area contributed by atoms with Crippen molar-refractivity contribution in [3.63, 3.8) is 0 Å². The van der Waals surface area contributed by atoms with Gasteiger partial charge in [-0.1, -0.05) is 20.3 Å². The molecule has 1 aliphatic heterocycles. The number of esters is 1. The monoisotopic (exact) mass is 298 g/mol. The van der Waals surface area contributed by atoms with Gasteiger partial charge in [0.25, 0.3) is 0 Å². The van der Waals surface area contributed by atoms with Crippen molar-refractivity contribution in [2.75, 3.05) is 32.8 Å². The number of carbonyl (C=O) groups excluding carboxylic acids is 1. The Hall–Kier alpha value is -0.610. The standard InChI is InChI=1S/C17H34N2O2/c1-5-15-10-13-19(14-15)12-9-8-11-17(4,18-6-2)16(20)21-7-3/h15,18H,5-14H2,1-4H3. The Bertz CT molecular complexity index is 309. The molecular weight excluding hydrogens is 264 g/mol. The molecule has 21 heavy (non-hydrogen) atoms. The fraction of sp³-hybridized carbons (Fsp3) is 0.941. The number of hydrogen-bond donors (Lipinski definition) is 1. The van der Waals surface area contributed by atoms with Crippen LogP contribution in [0.3, 0.4) is 0 Å². The molecule has 1 heterocycles. The molecule has 1 N–H and O–H groups in total. The zero-order valence-corrected chi connectivity index (χ0v) is 14.4. The van der Waals surface area contributed by atoms with Crippen molar-refractivity contribution in [3.8, 4) is 0 Å². The SMILES string of the molecule is CCNC(C)(CCCCN1CCC(CC)C1)C(=O)OCC. The molecule has 0 spiro atoms. The first-order chi connectivity index (χ1) is 10.1. The maximum Gasteiger partial charge on any atom is 0.326 e. The summed E-state index contributed by atoms with van der Waals surface area (Å²) in [5, 5.41) is 3.30. The topological polar surface area (TPSA) is 41.6 Å². The van der Waals surface area contributed by atoms with Gasteiger partial charge in [0.2, 0.25) is 0 Å². The first-order valence-electron chi connectivity index (χ1n) is 8.70. The van der Waals surface area contributed by atoms with E-state index in [-0.39, 0.29) is 5.97 Å². The van der Waals surface area contributed by atoms with E-state index in [2.05, 4.69) is 17.1 Å². The summed E-state index contributed by atoms with van der Waals surface area (Å²) in [6.07, 6.45) is 5.74. The number of carbonyl (C=O) groups is 1. The molecule has 4 heteroatoms. The number of hydrogen-bond acceptors (Lipinski definition) is 4. The number of ether oxygens (including phenoxy) is 1. The molecule has 0 aromatic carbocycles. The normalized spacial score (nSPS) is 22.2. The van der Waals surface area contributed by atoms with Crippen molar-refractivity contribution in [2.45, 2.75) is 65.3 Å². The molecule has 0 aromatic rings. The predicted octanol–water partition coefficient (Wildman–Crippen LogP) is 2.82. The molecule has 0 bridgehead atoms. The molecule has 1 aliphatic rings. The third-order valence-corrected chi connectivity index (χ3v) is 4.64. The van der Waals surface area contributed by atoms with Gasteiger partial charge in [-0.15, -0.1) is 0 Å². The van der Waals surface area contributed by atoms with Gasteiger partial charge in [-0.3, -0.25) is 4.79 Å². The number of rotatable bonds is 10. The van der Waals surface area contributed by atoms with Crippen molar-refractivity contribution in [3.05, 3.63) is 0 Å². The maximum absolute atomic E-state index is 12.1. The zero-order valence-electron chi connectivity index (χ0n) is 14.4. The number of likely N-dealkylation sites (N-methyl/N-ethyl adjacent to an activating group) is 1. The number of nitrogens with zero attached hydrogens (tertiary/aromatic N) is 1. The van der Waals surface area contributed by atoms with Gasteiger partial charge >= 0.3 is 5.97 Å². The average Bonchev–Trinajstić information content (AvgIpc) is 2.92. The van der Waals surface area contributed by atoms with E-state index < -0.39 is 5.54 Å². The molecule has 2 unspecified atom stereocenters. The van der Waals surface area contributed by atoms with Crippen molar-refractivity contribution < 1.29 is 9.53 Å². The van der Waals surface area contributed by atoms with Crippen LogP contribution in [0, 0.1) is 5.92 Å². The van der Waals surface area contributed by atoms with Crippen LogP contribution in [-0.4, -0.2) is 49.2 Å². The molecule has 4 nitrogen and oxygen atoms in total. The second-order valence-electron chi connectivity index (χ2n) is 6.40. The Morgan fingerprint density at radius 2 is 2.10 bits per heavy atom. The summed E-state index contributed by atoms with van der Waals surface area (Å²) in [6, 6.07) is 0. The van der Waals surface area contributed by atoms with Gasteiger partial charge < -0.3 is 15.0 Å². The molecule has 0 saturated carbocycles. The van der Waals surface area contributed by atoms with E-state index in [1.807, 2.05) is 20.8 Å². The minimum Gasteiger partial charge on any atom is -0.465 e. The van der Waals surface area contributed by atoms with Gasteiger partial charge in [0, 0.05) is 6.54 Å². The largest absolute Gasteiger partial charge is 0.465 e. The molecule has 124 valence electrons. The van der Waals surface area contributed by atoms with E-state index in [1.54, 1.807) is 0 Å². The third kappa shape index (κ3) is 5.95. The average molecular weight is 298 g/mol. The molecule has 0 amide bonds. The molecular formula is C17H34N2O2. The second-order valence-corrected chi connectivity index (χ2v) is 6.40. The van der Waals surface area contributed by atoms with E-state index in [1.165, 1.54) is 32.5 Å². The fourth-order valence-corrected chi connectivity index (χ4v) is 3.21.